The van der Waals surface area contributed by atoms with Crippen molar-refractivity contribution in [2.24, 2.45) is 11.8 Å². The van der Waals surface area contributed by atoms with Crippen LogP contribution in [0.1, 0.15) is 19.4 Å². The van der Waals surface area contributed by atoms with Crippen LogP contribution in [-0.4, -0.2) is 17.5 Å². The summed E-state index contributed by atoms with van der Waals surface area (Å²) >= 11 is 1.76. The minimum atomic E-state index is -0.419. The maximum atomic E-state index is 13.5. The first kappa shape index (κ1) is 15.4. The van der Waals surface area contributed by atoms with E-state index in [0.717, 1.165) is 23.6 Å². The quantitative estimate of drug-likeness (QED) is 0.593. The molecule has 18 heavy (non-hydrogen) atoms. The highest BCUT2D eigenvalue weighted by Crippen LogP contribution is 2.15. The van der Waals surface area contributed by atoms with Crippen LogP contribution in [0.3, 0.4) is 0 Å². The second kappa shape index (κ2) is 7.71. The predicted molar refractivity (Wildman–Crippen MR) is 73.3 cm³/mol. The summed E-state index contributed by atoms with van der Waals surface area (Å²) in [5, 5.41) is 0. The Morgan fingerprint density at radius 3 is 2.61 bits per heavy atom. The lowest BCUT2D eigenvalue weighted by atomic mass is 10.1. The number of halogens is 2. The fourth-order valence-corrected chi connectivity index (χ4v) is 2.68. The van der Waals surface area contributed by atoms with Gasteiger partial charge in [0.05, 0.1) is 0 Å². The van der Waals surface area contributed by atoms with Crippen molar-refractivity contribution in [3.05, 3.63) is 35.4 Å². The van der Waals surface area contributed by atoms with Gasteiger partial charge in [0.2, 0.25) is 0 Å². The van der Waals surface area contributed by atoms with Crippen molar-refractivity contribution in [3.63, 3.8) is 0 Å². The molecule has 0 saturated heterocycles. The monoisotopic (exact) mass is 274 g/mol. The molecule has 0 aliphatic heterocycles. The molecule has 0 fully saturated rings. The first-order valence-corrected chi connectivity index (χ1v) is 7.16. The van der Waals surface area contributed by atoms with E-state index in [9.17, 15) is 8.78 Å². The first-order valence-electron chi connectivity index (χ1n) is 6.00. The third-order valence-corrected chi connectivity index (χ3v) is 4.02. The van der Waals surface area contributed by atoms with Crippen molar-refractivity contribution in [1.82, 2.24) is 5.43 Å². The summed E-state index contributed by atoms with van der Waals surface area (Å²) in [6.45, 7) is 4.29. The molecule has 0 spiro atoms. The molecule has 1 rings (SSSR count). The molecule has 1 unspecified atom stereocenters. The van der Waals surface area contributed by atoms with Gasteiger partial charge in [-0.15, -0.1) is 0 Å². The molecule has 102 valence electrons. The minimum Gasteiger partial charge on any atom is -0.271 e. The van der Waals surface area contributed by atoms with Crippen LogP contribution >= 0.6 is 11.8 Å². The third kappa shape index (κ3) is 5.33. The van der Waals surface area contributed by atoms with E-state index >= 15 is 0 Å². The Balaban J connectivity index is 2.54. The normalized spacial score (nSPS) is 13.0. The van der Waals surface area contributed by atoms with Crippen LogP contribution in [0.25, 0.3) is 0 Å². The van der Waals surface area contributed by atoms with Gasteiger partial charge in [0, 0.05) is 11.8 Å². The molecule has 0 amide bonds. The smallest absolute Gasteiger partial charge is 0.126 e. The van der Waals surface area contributed by atoms with Gasteiger partial charge in [-0.2, -0.15) is 11.8 Å². The maximum absolute atomic E-state index is 13.5. The number of nitrogens with one attached hydrogen (secondary N) is 1. The number of thioether (sulfide) groups is 1. The van der Waals surface area contributed by atoms with Crippen molar-refractivity contribution < 1.29 is 8.78 Å². The third-order valence-electron chi connectivity index (χ3n) is 2.48. The van der Waals surface area contributed by atoms with Crippen LogP contribution in [-0.2, 0) is 6.42 Å². The predicted octanol–water partition coefficient (Wildman–Crippen LogP) is 2.73. The SMILES string of the molecule is CC(C)CSCC(Cc1cc(F)ccc1F)NN. The lowest BCUT2D eigenvalue weighted by Gasteiger charge is -2.16. The zero-order valence-electron chi connectivity index (χ0n) is 10.7. The van der Waals surface area contributed by atoms with E-state index in [2.05, 4.69) is 19.3 Å². The number of hydrogen-bond acceptors (Lipinski definition) is 3. The van der Waals surface area contributed by atoms with Crippen molar-refractivity contribution in [2.45, 2.75) is 26.3 Å². The average molecular weight is 274 g/mol. The van der Waals surface area contributed by atoms with Gasteiger partial charge in [-0.3, -0.25) is 11.3 Å². The van der Waals surface area contributed by atoms with Gasteiger partial charge in [0.15, 0.2) is 0 Å². The zero-order chi connectivity index (χ0) is 13.5. The second-order valence-electron chi connectivity index (χ2n) is 4.73. The molecule has 5 heteroatoms. The molecule has 0 aliphatic rings. The second-order valence-corrected chi connectivity index (χ2v) is 5.81. The molecular weight excluding hydrogens is 254 g/mol. The van der Waals surface area contributed by atoms with Gasteiger partial charge in [-0.05, 0) is 41.9 Å². The number of rotatable bonds is 7. The summed E-state index contributed by atoms with van der Waals surface area (Å²) in [5.41, 5.74) is 3.02. The van der Waals surface area contributed by atoms with Crippen molar-refractivity contribution in [1.29, 1.82) is 0 Å². The van der Waals surface area contributed by atoms with E-state index in [-0.39, 0.29) is 11.9 Å². The van der Waals surface area contributed by atoms with Gasteiger partial charge in [0.25, 0.3) is 0 Å². The van der Waals surface area contributed by atoms with Gasteiger partial charge in [-0.25, -0.2) is 8.78 Å². The van der Waals surface area contributed by atoms with Gasteiger partial charge < -0.3 is 0 Å². The molecule has 2 nitrogen and oxygen atoms in total. The Labute approximate surface area is 111 Å². The Kier molecular flexibility index (Phi) is 6.60. The molecule has 0 bridgehead atoms. The highest BCUT2D eigenvalue weighted by atomic mass is 32.2. The molecule has 0 saturated carbocycles. The molecule has 1 aromatic carbocycles. The lowest BCUT2D eigenvalue weighted by Crippen LogP contribution is -2.39. The van der Waals surface area contributed by atoms with Gasteiger partial charge >= 0.3 is 0 Å². The Bertz CT molecular complexity index is 372. The van der Waals surface area contributed by atoms with Crippen LogP contribution in [0.15, 0.2) is 18.2 Å². The highest BCUT2D eigenvalue weighted by molar-refractivity contribution is 7.99. The largest absolute Gasteiger partial charge is 0.271 e. The topological polar surface area (TPSA) is 38.0 Å². The number of benzene rings is 1. The Hall–Kier alpha value is -0.650. The molecule has 0 aromatic heterocycles. The van der Waals surface area contributed by atoms with E-state index in [1.165, 1.54) is 6.07 Å². The van der Waals surface area contributed by atoms with E-state index in [1.54, 1.807) is 11.8 Å². The minimum absolute atomic E-state index is 0.0509. The van der Waals surface area contributed by atoms with Crippen LogP contribution in [0.5, 0.6) is 0 Å². The molecule has 1 atom stereocenters. The molecule has 3 N–H and O–H groups in total. The summed E-state index contributed by atoms with van der Waals surface area (Å²) in [5.74, 6) is 7.07. The van der Waals surface area contributed by atoms with Crippen molar-refractivity contribution in [3.8, 4) is 0 Å². The van der Waals surface area contributed by atoms with Gasteiger partial charge in [0.1, 0.15) is 11.6 Å². The van der Waals surface area contributed by atoms with Crippen LogP contribution in [0.2, 0.25) is 0 Å². The summed E-state index contributed by atoms with van der Waals surface area (Å²) in [7, 11) is 0. The Morgan fingerprint density at radius 2 is 2.00 bits per heavy atom. The molecule has 1 aromatic rings. The lowest BCUT2D eigenvalue weighted by molar-refractivity contribution is 0.538. The van der Waals surface area contributed by atoms with E-state index in [1.807, 2.05) is 0 Å². The van der Waals surface area contributed by atoms with Gasteiger partial charge in [-0.1, -0.05) is 13.8 Å². The first-order chi connectivity index (χ1) is 8.52. The number of nitrogens with two attached hydrogens (primary N) is 1. The summed E-state index contributed by atoms with van der Waals surface area (Å²) < 4.78 is 26.5. The average Bonchev–Trinajstić information content (AvgIpc) is 2.32. The molecular formula is C13H20F2N2S. The summed E-state index contributed by atoms with van der Waals surface area (Å²) in [6.07, 6.45) is 0.394. The fraction of sp³-hybridized carbons (Fsp3) is 0.538. The highest BCUT2D eigenvalue weighted by Gasteiger charge is 2.12. The number of hydrogen-bond donors (Lipinski definition) is 2. The van der Waals surface area contributed by atoms with Crippen LogP contribution in [0, 0.1) is 17.6 Å². The maximum Gasteiger partial charge on any atom is 0.126 e. The van der Waals surface area contributed by atoms with E-state index < -0.39 is 5.82 Å². The van der Waals surface area contributed by atoms with E-state index in [4.69, 9.17) is 5.84 Å². The standard InChI is InChI=1S/C13H20F2N2S/c1-9(2)7-18-8-12(17-16)6-10-5-11(14)3-4-13(10)15/h3-5,9,12,17H,6-8,16H2,1-2H3. The van der Waals surface area contributed by atoms with Crippen molar-refractivity contribution >= 4 is 11.8 Å². The summed E-state index contributed by atoms with van der Waals surface area (Å²) in [4.78, 5) is 0. The number of hydrazine groups is 1. The van der Waals surface area contributed by atoms with Crippen LogP contribution in [0.4, 0.5) is 8.78 Å². The zero-order valence-corrected chi connectivity index (χ0v) is 11.6. The molecule has 0 radical (unpaired) electrons. The molecule has 0 heterocycles. The summed E-state index contributed by atoms with van der Waals surface area (Å²) in [6, 6.07) is 3.45. The van der Waals surface area contributed by atoms with E-state index in [0.29, 0.717) is 17.9 Å². The van der Waals surface area contributed by atoms with Crippen LogP contribution < -0.4 is 11.3 Å². The molecule has 0 aliphatic carbocycles. The fourth-order valence-electron chi connectivity index (χ4n) is 1.58. The van der Waals surface area contributed by atoms with Crippen molar-refractivity contribution in [2.75, 3.05) is 11.5 Å². The Morgan fingerprint density at radius 1 is 1.28 bits per heavy atom.